The number of hydrazine groups is 1. The van der Waals surface area contributed by atoms with Crippen LogP contribution in [0.5, 0.6) is 0 Å². The van der Waals surface area contributed by atoms with E-state index in [9.17, 15) is 0 Å². The zero-order chi connectivity index (χ0) is 13.5. The second-order valence-electron chi connectivity index (χ2n) is 4.34. The second kappa shape index (κ2) is 6.71. The maximum atomic E-state index is 5.71. The van der Waals surface area contributed by atoms with E-state index in [2.05, 4.69) is 30.8 Å². The number of nitrogens with one attached hydrogen (secondary N) is 2. The summed E-state index contributed by atoms with van der Waals surface area (Å²) in [7, 11) is 0. The average Bonchev–Trinajstić information content (AvgIpc) is 2.35. The number of benzene rings is 1. The van der Waals surface area contributed by atoms with E-state index >= 15 is 0 Å². The van der Waals surface area contributed by atoms with Gasteiger partial charge in [0.25, 0.3) is 0 Å². The number of hydrogen-bond acceptors (Lipinski definition) is 4. The number of nitrogens with two attached hydrogens (primary N) is 2. The molecule has 6 N–H and O–H groups in total. The maximum absolute atomic E-state index is 5.71. The lowest BCUT2D eigenvalue weighted by molar-refractivity contribution is 0.604. The molecule has 4 nitrogen and oxygen atoms in total. The summed E-state index contributed by atoms with van der Waals surface area (Å²) in [4.78, 5) is 0. The van der Waals surface area contributed by atoms with Gasteiger partial charge >= 0.3 is 0 Å². The van der Waals surface area contributed by atoms with Crippen LogP contribution < -0.4 is 22.3 Å². The normalized spacial score (nSPS) is 11.7. The molecule has 4 heteroatoms. The molecule has 98 valence electrons. The molecule has 0 fully saturated rings. The predicted molar refractivity (Wildman–Crippen MR) is 79.7 cm³/mol. The summed E-state index contributed by atoms with van der Waals surface area (Å²) in [5, 5.41) is 3.35. The Kier molecular flexibility index (Phi) is 5.27. The van der Waals surface area contributed by atoms with Gasteiger partial charge in [0.2, 0.25) is 0 Å². The molecule has 1 aromatic rings. The molecule has 1 rings (SSSR count). The van der Waals surface area contributed by atoms with Crippen molar-refractivity contribution in [1.82, 2.24) is 5.32 Å². The first kappa shape index (κ1) is 14.1. The lowest BCUT2D eigenvalue weighted by atomic mass is 10.1. The van der Waals surface area contributed by atoms with E-state index in [0.29, 0.717) is 11.7 Å². The number of anilines is 2. The molecule has 1 unspecified atom stereocenters. The second-order valence-corrected chi connectivity index (χ2v) is 4.34. The number of nitrogen functional groups attached to an aromatic ring is 2. The van der Waals surface area contributed by atoms with E-state index in [4.69, 9.17) is 11.6 Å². The van der Waals surface area contributed by atoms with Gasteiger partial charge in [-0.25, -0.2) is 0 Å². The van der Waals surface area contributed by atoms with E-state index in [1.807, 2.05) is 18.2 Å². The summed E-state index contributed by atoms with van der Waals surface area (Å²) in [5.41, 5.74) is 11.5. The third-order valence-electron chi connectivity index (χ3n) is 2.75. The third kappa shape index (κ3) is 3.82. The van der Waals surface area contributed by atoms with Crippen LogP contribution in [0.1, 0.15) is 25.3 Å². The van der Waals surface area contributed by atoms with Gasteiger partial charge in [0, 0.05) is 23.0 Å². The van der Waals surface area contributed by atoms with Crippen LogP contribution in [0.15, 0.2) is 37.4 Å². The zero-order valence-electron chi connectivity index (χ0n) is 10.9. The van der Waals surface area contributed by atoms with Gasteiger partial charge in [-0.05, 0) is 38.0 Å². The molecule has 0 saturated heterocycles. The van der Waals surface area contributed by atoms with Crippen molar-refractivity contribution < 1.29 is 0 Å². The number of allylic oxidation sites excluding steroid dienone is 1. The molecule has 1 atom stereocenters. The van der Waals surface area contributed by atoms with Gasteiger partial charge in [0.05, 0.1) is 5.69 Å². The minimum absolute atomic E-state index is 0.332. The first-order valence-electron chi connectivity index (χ1n) is 6.01. The number of hydrogen-bond donors (Lipinski definition) is 4. The van der Waals surface area contributed by atoms with Crippen LogP contribution in [0.3, 0.4) is 0 Å². The van der Waals surface area contributed by atoms with Gasteiger partial charge < -0.3 is 16.5 Å². The highest BCUT2D eigenvalue weighted by Crippen LogP contribution is 2.23. The van der Waals surface area contributed by atoms with Crippen LogP contribution in [-0.2, 0) is 0 Å². The summed E-state index contributed by atoms with van der Waals surface area (Å²) >= 11 is 0. The van der Waals surface area contributed by atoms with Crippen molar-refractivity contribution in [2.75, 3.05) is 11.2 Å². The molecule has 0 aliphatic rings. The first-order valence-corrected chi connectivity index (χ1v) is 6.01. The summed E-state index contributed by atoms with van der Waals surface area (Å²) in [5.74, 6) is 5.48. The van der Waals surface area contributed by atoms with Crippen LogP contribution >= 0.6 is 0 Å². The Bertz CT molecular complexity index is 426. The molecule has 1 aromatic carbocycles. The minimum atomic E-state index is 0.332. The van der Waals surface area contributed by atoms with Gasteiger partial charge in [-0.3, -0.25) is 5.84 Å². The Morgan fingerprint density at radius 3 is 2.83 bits per heavy atom. The monoisotopic (exact) mass is 246 g/mol. The van der Waals surface area contributed by atoms with Crippen LogP contribution in [0.4, 0.5) is 11.4 Å². The molecule has 0 amide bonds. The van der Waals surface area contributed by atoms with Gasteiger partial charge in [-0.1, -0.05) is 12.7 Å². The molecule has 0 heterocycles. The van der Waals surface area contributed by atoms with Crippen molar-refractivity contribution in [2.24, 2.45) is 5.84 Å². The largest absolute Gasteiger partial charge is 0.399 e. The number of rotatable bonds is 7. The predicted octanol–water partition coefficient (Wildman–Crippen LogP) is 2.47. The van der Waals surface area contributed by atoms with Gasteiger partial charge in [-0.15, -0.1) is 6.58 Å². The molecular formula is C14H22N4. The maximum Gasteiger partial charge on any atom is 0.0598 e. The van der Waals surface area contributed by atoms with Crippen LogP contribution in [-0.4, -0.2) is 6.04 Å². The van der Waals surface area contributed by atoms with Gasteiger partial charge in [0.1, 0.15) is 0 Å². The smallest absolute Gasteiger partial charge is 0.0598 e. The van der Waals surface area contributed by atoms with Crippen LogP contribution in [0.2, 0.25) is 0 Å². The molecule has 0 saturated carbocycles. The Balaban J connectivity index is 2.74. The van der Waals surface area contributed by atoms with Crippen molar-refractivity contribution in [3.63, 3.8) is 0 Å². The highest BCUT2D eigenvalue weighted by atomic mass is 15.2. The molecular weight excluding hydrogens is 224 g/mol. The average molecular weight is 246 g/mol. The van der Waals surface area contributed by atoms with E-state index in [0.717, 1.165) is 29.8 Å². The molecule has 0 aromatic heterocycles. The van der Waals surface area contributed by atoms with E-state index in [-0.39, 0.29) is 0 Å². The highest BCUT2D eigenvalue weighted by Gasteiger charge is 2.08. The highest BCUT2D eigenvalue weighted by molar-refractivity contribution is 5.76. The fourth-order valence-electron chi connectivity index (χ4n) is 1.76. The quantitative estimate of drug-likeness (QED) is 0.258. The molecule has 0 radical (unpaired) electrons. The van der Waals surface area contributed by atoms with Crippen LogP contribution in [0, 0.1) is 0 Å². The summed E-state index contributed by atoms with van der Waals surface area (Å²) in [6.07, 6.45) is 3.91. The van der Waals surface area contributed by atoms with Gasteiger partial charge in [-0.2, -0.15) is 0 Å². The topological polar surface area (TPSA) is 76.1 Å². The molecule has 0 spiro atoms. The van der Waals surface area contributed by atoms with E-state index in [1.54, 1.807) is 6.07 Å². The van der Waals surface area contributed by atoms with Gasteiger partial charge in [0.15, 0.2) is 0 Å². The Morgan fingerprint density at radius 1 is 1.50 bits per heavy atom. The van der Waals surface area contributed by atoms with E-state index in [1.165, 1.54) is 0 Å². The molecule has 0 bridgehead atoms. The first-order chi connectivity index (χ1) is 8.58. The lowest BCUT2D eigenvalue weighted by Gasteiger charge is -2.19. The lowest BCUT2D eigenvalue weighted by Crippen LogP contribution is -2.24. The standard InChI is InChI=1S/C14H22N4/c1-4-5-6-10(2)17-11(3)13-8-7-12(15)9-14(13)18-16/h4,7-10,17-18H,1,3,5-6,15-16H2,2H3. The SMILES string of the molecule is C=CCCC(C)NC(=C)c1ccc(N)cc1NN. The molecule has 0 aliphatic carbocycles. The summed E-state index contributed by atoms with van der Waals surface area (Å²) in [6, 6.07) is 5.85. The Labute approximate surface area is 109 Å². The van der Waals surface area contributed by atoms with Crippen molar-refractivity contribution in [3.8, 4) is 0 Å². The third-order valence-corrected chi connectivity index (χ3v) is 2.75. The van der Waals surface area contributed by atoms with Crippen molar-refractivity contribution >= 4 is 17.1 Å². The molecule has 0 aliphatic heterocycles. The minimum Gasteiger partial charge on any atom is -0.399 e. The summed E-state index contributed by atoms with van der Waals surface area (Å²) in [6.45, 7) is 9.87. The fourth-order valence-corrected chi connectivity index (χ4v) is 1.76. The Morgan fingerprint density at radius 2 is 2.22 bits per heavy atom. The Hall–Kier alpha value is -1.94. The van der Waals surface area contributed by atoms with Crippen molar-refractivity contribution in [2.45, 2.75) is 25.8 Å². The van der Waals surface area contributed by atoms with Crippen LogP contribution in [0.25, 0.3) is 5.70 Å². The zero-order valence-corrected chi connectivity index (χ0v) is 10.9. The summed E-state index contributed by atoms with van der Waals surface area (Å²) < 4.78 is 0. The van der Waals surface area contributed by atoms with E-state index < -0.39 is 0 Å². The van der Waals surface area contributed by atoms with Crippen molar-refractivity contribution in [1.29, 1.82) is 0 Å². The fraction of sp³-hybridized carbons (Fsp3) is 0.286. The molecule has 18 heavy (non-hydrogen) atoms. The van der Waals surface area contributed by atoms with Crippen molar-refractivity contribution in [3.05, 3.63) is 43.0 Å².